The van der Waals surface area contributed by atoms with E-state index in [1.807, 2.05) is 0 Å². The summed E-state index contributed by atoms with van der Waals surface area (Å²) in [5, 5.41) is 2.40. The molecule has 110 valence electrons. The Morgan fingerprint density at radius 1 is 1.24 bits per heavy atom. The fourth-order valence-electron chi connectivity index (χ4n) is 1.77. The number of carbonyl (C=O) groups excluding carboxylic acids is 1. The molecule has 1 heterocycles. The van der Waals surface area contributed by atoms with Crippen LogP contribution in [0.15, 0.2) is 36.5 Å². The van der Waals surface area contributed by atoms with Crippen LogP contribution in [0.5, 0.6) is 0 Å². The van der Waals surface area contributed by atoms with E-state index in [-0.39, 0.29) is 11.4 Å². The van der Waals surface area contributed by atoms with Gasteiger partial charge in [0.1, 0.15) is 0 Å². The topological polar surface area (TPSA) is 68.0 Å². The van der Waals surface area contributed by atoms with Crippen molar-refractivity contribution in [3.63, 3.8) is 0 Å². The Morgan fingerprint density at radius 3 is 2.57 bits per heavy atom. The number of rotatable bonds is 2. The Hall–Kier alpha value is -2.57. The number of carbonyl (C=O) groups is 1. The van der Waals surface area contributed by atoms with Crippen LogP contribution >= 0.6 is 0 Å². The summed E-state index contributed by atoms with van der Waals surface area (Å²) in [4.78, 5) is 15.9. The number of pyridine rings is 1. The molecule has 0 saturated heterocycles. The molecule has 1 aromatic carbocycles. The second-order valence-corrected chi connectivity index (χ2v) is 4.44. The number of hydrogen-bond acceptors (Lipinski definition) is 3. The minimum absolute atomic E-state index is 0.0241. The van der Waals surface area contributed by atoms with Crippen molar-refractivity contribution in [3.05, 3.63) is 53.3 Å². The van der Waals surface area contributed by atoms with E-state index in [2.05, 4.69) is 10.3 Å². The molecule has 2 rings (SSSR count). The van der Waals surface area contributed by atoms with Gasteiger partial charge in [-0.25, -0.2) is 0 Å². The van der Waals surface area contributed by atoms with Gasteiger partial charge < -0.3 is 11.1 Å². The third-order valence-corrected chi connectivity index (χ3v) is 2.78. The summed E-state index contributed by atoms with van der Waals surface area (Å²) in [5.74, 6) is -0.515. The fraction of sp³-hybridized carbons (Fsp3) is 0.143. The van der Waals surface area contributed by atoms with E-state index < -0.39 is 17.6 Å². The van der Waals surface area contributed by atoms with Gasteiger partial charge in [0.05, 0.1) is 5.56 Å². The fourth-order valence-corrected chi connectivity index (χ4v) is 1.77. The van der Waals surface area contributed by atoms with Crippen LogP contribution in [0.25, 0.3) is 0 Å². The number of aryl methyl sites for hydroxylation is 1. The van der Waals surface area contributed by atoms with E-state index in [4.69, 9.17) is 5.73 Å². The average Bonchev–Trinajstić information content (AvgIpc) is 2.39. The number of halogens is 3. The molecule has 7 heteroatoms. The van der Waals surface area contributed by atoms with E-state index in [0.29, 0.717) is 11.3 Å². The minimum atomic E-state index is -4.57. The summed E-state index contributed by atoms with van der Waals surface area (Å²) in [6, 6.07) is 6.25. The van der Waals surface area contributed by atoms with Crippen molar-refractivity contribution in [2.24, 2.45) is 0 Å². The summed E-state index contributed by atoms with van der Waals surface area (Å²) >= 11 is 0. The second kappa shape index (κ2) is 5.43. The first-order chi connectivity index (χ1) is 9.77. The molecular formula is C14H12F3N3O. The van der Waals surface area contributed by atoms with E-state index in [0.717, 1.165) is 12.1 Å². The lowest BCUT2D eigenvalue weighted by molar-refractivity contribution is -0.136. The summed E-state index contributed by atoms with van der Waals surface area (Å²) in [7, 11) is 0. The second-order valence-electron chi connectivity index (χ2n) is 4.44. The first-order valence-corrected chi connectivity index (χ1v) is 5.98. The minimum Gasteiger partial charge on any atom is -0.398 e. The van der Waals surface area contributed by atoms with Gasteiger partial charge in [-0.15, -0.1) is 0 Å². The van der Waals surface area contributed by atoms with Crippen molar-refractivity contribution in [1.82, 2.24) is 4.98 Å². The zero-order chi connectivity index (χ0) is 15.6. The maximum Gasteiger partial charge on any atom is 0.418 e. The summed E-state index contributed by atoms with van der Waals surface area (Å²) < 4.78 is 38.2. The predicted molar refractivity (Wildman–Crippen MR) is 72.8 cm³/mol. The van der Waals surface area contributed by atoms with Crippen molar-refractivity contribution < 1.29 is 18.0 Å². The molecule has 0 unspecified atom stereocenters. The van der Waals surface area contributed by atoms with Crippen LogP contribution in [-0.2, 0) is 6.18 Å². The highest BCUT2D eigenvalue weighted by Gasteiger charge is 2.33. The normalized spacial score (nSPS) is 11.2. The van der Waals surface area contributed by atoms with Crippen LogP contribution < -0.4 is 11.1 Å². The van der Waals surface area contributed by atoms with Crippen LogP contribution in [-0.4, -0.2) is 10.9 Å². The van der Waals surface area contributed by atoms with Gasteiger partial charge in [0.25, 0.3) is 5.91 Å². The van der Waals surface area contributed by atoms with Gasteiger partial charge in [-0.1, -0.05) is 0 Å². The lowest BCUT2D eigenvalue weighted by Gasteiger charge is -2.12. The SMILES string of the molecule is Cc1cc(C(=O)Nc2ccc(N)c(C(F)(F)F)c2)ccn1. The van der Waals surface area contributed by atoms with Gasteiger partial charge in [0, 0.05) is 28.8 Å². The van der Waals surface area contributed by atoms with Crippen LogP contribution in [0.2, 0.25) is 0 Å². The number of benzene rings is 1. The number of hydrogen-bond donors (Lipinski definition) is 2. The molecule has 21 heavy (non-hydrogen) atoms. The number of alkyl halides is 3. The predicted octanol–water partition coefficient (Wildman–Crippen LogP) is 3.24. The molecule has 0 fully saturated rings. The lowest BCUT2D eigenvalue weighted by Crippen LogP contribution is -2.14. The molecule has 4 nitrogen and oxygen atoms in total. The Balaban J connectivity index is 2.26. The van der Waals surface area contributed by atoms with Crippen molar-refractivity contribution in [3.8, 4) is 0 Å². The molecule has 0 aliphatic rings. The van der Waals surface area contributed by atoms with Gasteiger partial charge in [0.15, 0.2) is 0 Å². The Morgan fingerprint density at radius 2 is 1.95 bits per heavy atom. The zero-order valence-electron chi connectivity index (χ0n) is 11.0. The van der Waals surface area contributed by atoms with Gasteiger partial charge in [-0.2, -0.15) is 13.2 Å². The summed E-state index contributed by atoms with van der Waals surface area (Å²) in [5.41, 5.74) is 4.90. The molecule has 0 saturated carbocycles. The van der Waals surface area contributed by atoms with Crippen LogP contribution in [0.1, 0.15) is 21.6 Å². The van der Waals surface area contributed by atoms with E-state index in [9.17, 15) is 18.0 Å². The van der Waals surface area contributed by atoms with Crippen LogP contribution in [0.4, 0.5) is 24.5 Å². The van der Waals surface area contributed by atoms with Crippen molar-refractivity contribution in [2.75, 3.05) is 11.1 Å². The molecule has 1 amide bonds. The summed E-state index contributed by atoms with van der Waals surface area (Å²) in [6.45, 7) is 1.71. The number of nitrogens with two attached hydrogens (primary N) is 1. The van der Waals surface area contributed by atoms with Crippen LogP contribution in [0.3, 0.4) is 0 Å². The first kappa shape index (κ1) is 14.8. The Labute approximate surface area is 118 Å². The molecule has 0 radical (unpaired) electrons. The molecule has 0 bridgehead atoms. The zero-order valence-corrected chi connectivity index (χ0v) is 11.0. The summed E-state index contributed by atoms with van der Waals surface area (Å²) in [6.07, 6.45) is -3.12. The van der Waals surface area contributed by atoms with E-state index in [1.165, 1.54) is 24.4 Å². The molecule has 0 atom stereocenters. The molecule has 1 aromatic heterocycles. The largest absolute Gasteiger partial charge is 0.418 e. The lowest BCUT2D eigenvalue weighted by atomic mass is 10.1. The number of aromatic nitrogens is 1. The molecule has 0 spiro atoms. The monoisotopic (exact) mass is 295 g/mol. The molecular weight excluding hydrogens is 283 g/mol. The highest BCUT2D eigenvalue weighted by Crippen LogP contribution is 2.35. The quantitative estimate of drug-likeness (QED) is 0.836. The van der Waals surface area contributed by atoms with Crippen LogP contribution in [0, 0.1) is 6.92 Å². The number of nitrogens with zero attached hydrogens (tertiary/aromatic N) is 1. The van der Waals surface area contributed by atoms with Crippen molar-refractivity contribution in [1.29, 1.82) is 0 Å². The Kier molecular flexibility index (Phi) is 3.84. The highest BCUT2D eigenvalue weighted by atomic mass is 19.4. The van der Waals surface area contributed by atoms with Crippen molar-refractivity contribution in [2.45, 2.75) is 13.1 Å². The smallest absolute Gasteiger partial charge is 0.398 e. The number of anilines is 2. The molecule has 0 aliphatic carbocycles. The van der Waals surface area contributed by atoms with E-state index >= 15 is 0 Å². The average molecular weight is 295 g/mol. The Bertz CT molecular complexity index is 683. The van der Waals surface area contributed by atoms with Gasteiger partial charge in [-0.05, 0) is 37.3 Å². The van der Waals surface area contributed by atoms with Gasteiger partial charge in [-0.3, -0.25) is 9.78 Å². The number of nitrogen functional groups attached to an aromatic ring is 1. The number of amides is 1. The number of nitrogens with one attached hydrogen (secondary N) is 1. The molecule has 0 aliphatic heterocycles. The van der Waals surface area contributed by atoms with Crippen molar-refractivity contribution >= 4 is 17.3 Å². The van der Waals surface area contributed by atoms with Gasteiger partial charge >= 0.3 is 6.18 Å². The first-order valence-electron chi connectivity index (χ1n) is 5.98. The van der Waals surface area contributed by atoms with Gasteiger partial charge in [0.2, 0.25) is 0 Å². The third kappa shape index (κ3) is 3.50. The highest BCUT2D eigenvalue weighted by molar-refractivity contribution is 6.04. The molecule has 2 aromatic rings. The third-order valence-electron chi connectivity index (χ3n) is 2.78. The molecule has 3 N–H and O–H groups in total. The maximum absolute atomic E-state index is 12.7. The van der Waals surface area contributed by atoms with E-state index in [1.54, 1.807) is 6.92 Å². The standard InChI is InChI=1S/C14H12F3N3O/c1-8-6-9(4-5-19-8)13(21)20-10-2-3-12(18)11(7-10)14(15,16)17/h2-7H,18H2,1H3,(H,20,21). The maximum atomic E-state index is 12.7.